The van der Waals surface area contributed by atoms with E-state index in [2.05, 4.69) is 53.3 Å². The Morgan fingerprint density at radius 1 is 0.962 bits per heavy atom. The summed E-state index contributed by atoms with van der Waals surface area (Å²) in [4.78, 5) is 0. The second kappa shape index (κ2) is 8.95. The average molecular weight is 364 g/mol. The van der Waals surface area contributed by atoms with Gasteiger partial charge in [-0.25, -0.2) is 0 Å². The SMILES string of the molecule is C/C(CNC(C)C(O)c1ccccc1)=C(/c1ccccc1)c1ccsc1. The Balaban J connectivity index is 1.78. The van der Waals surface area contributed by atoms with Crippen LogP contribution in [-0.4, -0.2) is 17.7 Å². The van der Waals surface area contributed by atoms with Crippen LogP contribution in [0.4, 0.5) is 0 Å². The van der Waals surface area contributed by atoms with Crippen LogP contribution in [0.2, 0.25) is 0 Å². The largest absolute Gasteiger partial charge is 0.387 e. The molecule has 0 fully saturated rings. The number of nitrogens with one attached hydrogen (secondary N) is 1. The molecule has 0 aliphatic rings. The molecule has 3 rings (SSSR count). The van der Waals surface area contributed by atoms with E-state index in [-0.39, 0.29) is 6.04 Å². The first kappa shape index (κ1) is 18.6. The molecular formula is C23H25NOS. The summed E-state index contributed by atoms with van der Waals surface area (Å²) in [5, 5.41) is 18.4. The molecule has 2 N–H and O–H groups in total. The van der Waals surface area contributed by atoms with Crippen molar-refractivity contribution >= 4 is 16.9 Å². The first-order chi connectivity index (χ1) is 12.7. The van der Waals surface area contributed by atoms with E-state index in [1.54, 1.807) is 11.3 Å². The first-order valence-corrected chi connectivity index (χ1v) is 9.85. The van der Waals surface area contributed by atoms with Crippen molar-refractivity contribution in [3.63, 3.8) is 0 Å². The standard InChI is InChI=1S/C23H25NOS/c1-17(15-24-18(2)23(25)20-11-7-4-8-12-20)22(21-13-14-26-16-21)19-9-5-3-6-10-19/h3-14,16,18,23-25H,15H2,1-2H3/b22-17+. The first-order valence-electron chi connectivity index (χ1n) is 8.91. The van der Waals surface area contributed by atoms with E-state index >= 15 is 0 Å². The van der Waals surface area contributed by atoms with Crippen LogP contribution < -0.4 is 5.32 Å². The highest BCUT2D eigenvalue weighted by atomic mass is 32.1. The Morgan fingerprint density at radius 3 is 2.23 bits per heavy atom. The summed E-state index contributed by atoms with van der Waals surface area (Å²) in [5.74, 6) is 0. The summed E-state index contributed by atoms with van der Waals surface area (Å²) in [6, 6.07) is 22.4. The second-order valence-electron chi connectivity index (χ2n) is 6.56. The lowest BCUT2D eigenvalue weighted by atomic mass is 9.95. The van der Waals surface area contributed by atoms with Gasteiger partial charge in [-0.05, 0) is 52.9 Å². The number of hydrogen-bond donors (Lipinski definition) is 2. The van der Waals surface area contributed by atoms with Gasteiger partial charge in [0.2, 0.25) is 0 Å². The molecule has 1 heterocycles. The maximum Gasteiger partial charge on any atom is 0.0940 e. The van der Waals surface area contributed by atoms with Gasteiger partial charge in [-0.15, -0.1) is 0 Å². The van der Waals surface area contributed by atoms with E-state index < -0.39 is 6.10 Å². The molecule has 1 aromatic heterocycles. The predicted molar refractivity (Wildman–Crippen MR) is 111 cm³/mol. The van der Waals surface area contributed by atoms with E-state index in [9.17, 15) is 5.11 Å². The van der Waals surface area contributed by atoms with Gasteiger partial charge in [0.25, 0.3) is 0 Å². The molecule has 2 atom stereocenters. The third-order valence-corrected chi connectivity index (χ3v) is 5.29. The van der Waals surface area contributed by atoms with E-state index in [1.165, 1.54) is 22.3 Å². The van der Waals surface area contributed by atoms with E-state index in [4.69, 9.17) is 0 Å². The Kier molecular flexibility index (Phi) is 6.40. The molecule has 134 valence electrons. The molecule has 0 radical (unpaired) electrons. The molecule has 0 saturated carbocycles. The highest BCUT2D eigenvalue weighted by molar-refractivity contribution is 7.08. The Bertz CT molecular complexity index is 825. The van der Waals surface area contributed by atoms with Gasteiger partial charge >= 0.3 is 0 Å². The summed E-state index contributed by atoms with van der Waals surface area (Å²) in [5.41, 5.74) is 5.94. The molecular weight excluding hydrogens is 338 g/mol. The van der Waals surface area contributed by atoms with Gasteiger partial charge in [0.1, 0.15) is 0 Å². The average Bonchev–Trinajstić information content (AvgIpc) is 3.21. The minimum absolute atomic E-state index is 0.0353. The molecule has 0 amide bonds. The van der Waals surface area contributed by atoms with Crippen LogP contribution in [0.5, 0.6) is 0 Å². The number of thiophene rings is 1. The van der Waals surface area contributed by atoms with Crippen LogP contribution in [0.25, 0.3) is 5.57 Å². The highest BCUT2D eigenvalue weighted by Crippen LogP contribution is 2.28. The highest BCUT2D eigenvalue weighted by Gasteiger charge is 2.16. The smallest absolute Gasteiger partial charge is 0.0940 e. The maximum absolute atomic E-state index is 10.6. The van der Waals surface area contributed by atoms with Crippen molar-refractivity contribution in [2.24, 2.45) is 0 Å². The lowest BCUT2D eigenvalue weighted by molar-refractivity contribution is 0.137. The predicted octanol–water partition coefficient (Wildman–Crippen LogP) is 5.28. The summed E-state index contributed by atoms with van der Waals surface area (Å²) in [6.07, 6.45) is -0.523. The summed E-state index contributed by atoms with van der Waals surface area (Å²) in [6.45, 7) is 4.91. The maximum atomic E-state index is 10.6. The summed E-state index contributed by atoms with van der Waals surface area (Å²) < 4.78 is 0. The Labute approximate surface area is 159 Å². The molecule has 0 bridgehead atoms. The van der Waals surface area contributed by atoms with Crippen molar-refractivity contribution in [2.45, 2.75) is 26.0 Å². The monoisotopic (exact) mass is 363 g/mol. The van der Waals surface area contributed by atoms with Crippen molar-refractivity contribution in [2.75, 3.05) is 6.54 Å². The fraction of sp³-hybridized carbons (Fsp3) is 0.217. The molecule has 2 aromatic carbocycles. The molecule has 0 saturated heterocycles. The van der Waals surface area contributed by atoms with E-state index in [1.807, 2.05) is 43.3 Å². The zero-order valence-corrected chi connectivity index (χ0v) is 16.0. The van der Waals surface area contributed by atoms with Gasteiger partial charge in [-0.2, -0.15) is 11.3 Å². The van der Waals surface area contributed by atoms with Gasteiger partial charge in [0.15, 0.2) is 0 Å². The third kappa shape index (κ3) is 4.50. The van der Waals surface area contributed by atoms with Crippen molar-refractivity contribution < 1.29 is 5.11 Å². The molecule has 3 heteroatoms. The number of aliphatic hydroxyl groups excluding tert-OH is 1. The van der Waals surface area contributed by atoms with Gasteiger partial charge in [0, 0.05) is 12.6 Å². The normalized spacial score (nSPS) is 14.6. The Hall–Kier alpha value is -2.20. The van der Waals surface area contributed by atoms with E-state index in [0.717, 1.165) is 12.1 Å². The second-order valence-corrected chi connectivity index (χ2v) is 7.34. The quantitative estimate of drug-likeness (QED) is 0.598. The van der Waals surface area contributed by atoms with Gasteiger partial charge in [0.05, 0.1) is 6.10 Å². The lowest BCUT2D eigenvalue weighted by Gasteiger charge is -2.22. The van der Waals surface area contributed by atoms with Crippen LogP contribution >= 0.6 is 11.3 Å². The van der Waals surface area contributed by atoms with E-state index in [0.29, 0.717) is 0 Å². The van der Waals surface area contributed by atoms with Crippen LogP contribution in [-0.2, 0) is 0 Å². The van der Waals surface area contributed by atoms with Gasteiger partial charge in [-0.3, -0.25) is 0 Å². The van der Waals surface area contributed by atoms with Crippen LogP contribution in [0.3, 0.4) is 0 Å². The molecule has 26 heavy (non-hydrogen) atoms. The minimum atomic E-state index is -0.523. The van der Waals surface area contributed by atoms with Crippen LogP contribution in [0.1, 0.15) is 36.6 Å². The van der Waals surface area contributed by atoms with Crippen molar-refractivity contribution in [1.29, 1.82) is 0 Å². The fourth-order valence-electron chi connectivity index (χ4n) is 3.12. The molecule has 0 aliphatic carbocycles. The van der Waals surface area contributed by atoms with Crippen LogP contribution in [0, 0.1) is 0 Å². The van der Waals surface area contributed by atoms with Gasteiger partial charge in [-0.1, -0.05) is 66.2 Å². The molecule has 2 nitrogen and oxygen atoms in total. The molecule has 2 unspecified atom stereocenters. The van der Waals surface area contributed by atoms with Crippen molar-refractivity contribution in [3.05, 3.63) is 99.8 Å². The molecule has 0 aliphatic heterocycles. The third-order valence-electron chi connectivity index (χ3n) is 4.60. The fourth-order valence-corrected chi connectivity index (χ4v) is 3.77. The molecule has 0 spiro atoms. The lowest BCUT2D eigenvalue weighted by Crippen LogP contribution is -2.33. The number of hydrogen-bond acceptors (Lipinski definition) is 3. The summed E-state index contributed by atoms with van der Waals surface area (Å²) >= 11 is 1.71. The minimum Gasteiger partial charge on any atom is -0.387 e. The number of benzene rings is 2. The summed E-state index contributed by atoms with van der Waals surface area (Å²) in [7, 11) is 0. The van der Waals surface area contributed by atoms with Gasteiger partial charge < -0.3 is 10.4 Å². The zero-order chi connectivity index (χ0) is 18.4. The Morgan fingerprint density at radius 2 is 1.62 bits per heavy atom. The van der Waals surface area contributed by atoms with Crippen molar-refractivity contribution in [3.8, 4) is 0 Å². The molecule has 3 aromatic rings. The zero-order valence-electron chi connectivity index (χ0n) is 15.2. The number of rotatable bonds is 7. The van der Waals surface area contributed by atoms with Crippen molar-refractivity contribution in [1.82, 2.24) is 5.32 Å². The topological polar surface area (TPSA) is 32.3 Å². The number of aliphatic hydroxyl groups is 1. The van der Waals surface area contributed by atoms with Crippen LogP contribution in [0.15, 0.2) is 83.1 Å².